The first-order valence-electron chi connectivity index (χ1n) is 51.9. The number of allylic oxidation sites excluding steroid dienone is 6. The molecular weight excluding hydrogens is 1530 g/mol. The Hall–Kier alpha value is -2.75. The highest BCUT2D eigenvalue weighted by atomic mass is 19.1. The molecule has 0 aliphatic heterocycles. The van der Waals surface area contributed by atoms with E-state index in [1.54, 1.807) is 12.5 Å². The SMILES string of the molecule is C/C(=C\CCC(C)C1CCC2C3CC=C4CC(O)CCC4(C)C3CCC12C)CO.C/C(=C\CCC(C)C1CCC2C3C[C@H](O)C4C[C@H](O)CCC4(C)C3CCC12C)C(=O)O.C/C(=C\CCC(C)C1CCC2C3C[C@H](O)C4C[C@H](O)CCC4(C)C3CCC12C)CF.CCOC(=O)/C(C)=C/CCC(C)C1CCC2C3C[C@H](O)C4C[C@H](O)CCC4(C)C3CCC12C. The third kappa shape index (κ3) is 19.1. The van der Waals surface area contributed by atoms with Crippen molar-refractivity contribution in [2.24, 2.45) is 179 Å². The van der Waals surface area contributed by atoms with Crippen LogP contribution in [-0.2, 0) is 14.3 Å². The molecule has 0 aromatic rings. The summed E-state index contributed by atoms with van der Waals surface area (Å²) in [7, 11) is 0. The van der Waals surface area contributed by atoms with Gasteiger partial charge >= 0.3 is 11.9 Å². The zero-order valence-corrected chi connectivity index (χ0v) is 80.7. The maximum absolute atomic E-state index is 12.8. The first-order chi connectivity index (χ1) is 58.2. The number of hydrogen-bond acceptors (Lipinski definition) is 11. The van der Waals surface area contributed by atoms with Crippen LogP contribution in [0.4, 0.5) is 4.39 Å². The second kappa shape index (κ2) is 39.6. The molecular formula is C110H181FO12. The van der Waals surface area contributed by atoms with Crippen LogP contribution < -0.4 is 0 Å². The van der Waals surface area contributed by atoms with Crippen LogP contribution >= 0.6 is 0 Å². The Kier molecular flexibility index (Phi) is 31.5. The molecule has 0 aromatic carbocycles. The number of rotatable bonds is 21. The van der Waals surface area contributed by atoms with Crippen molar-refractivity contribution >= 4 is 11.9 Å². The number of halogens is 1. The molecule has 16 aliphatic carbocycles. The summed E-state index contributed by atoms with van der Waals surface area (Å²) in [6.45, 7) is 39.5. The molecule has 0 heterocycles. The van der Waals surface area contributed by atoms with E-state index in [-0.39, 0.29) is 96.0 Å². The molecule has 123 heavy (non-hydrogen) atoms. The fourth-order valence-electron chi connectivity index (χ4n) is 36.0. The number of hydrogen-bond donors (Lipinski definition) is 9. The quantitative estimate of drug-likeness (QED) is 0.0297. The van der Waals surface area contributed by atoms with Gasteiger partial charge in [0.05, 0.1) is 55.9 Å². The van der Waals surface area contributed by atoms with Gasteiger partial charge in [0, 0.05) is 11.1 Å². The van der Waals surface area contributed by atoms with Crippen LogP contribution in [-0.4, -0.2) is 121 Å². The molecule has 32 unspecified atom stereocenters. The molecule has 0 aromatic heterocycles. The molecule has 15 fully saturated rings. The highest BCUT2D eigenvalue weighted by Gasteiger charge is 2.67. The van der Waals surface area contributed by atoms with Gasteiger partial charge in [-0.25, -0.2) is 14.0 Å². The Balaban J connectivity index is 0.000000141. The monoisotopic (exact) mass is 1710 g/mol. The smallest absolute Gasteiger partial charge is 0.333 e. The molecule has 0 radical (unpaired) electrons. The number of carbonyl (C=O) groups is 2. The van der Waals surface area contributed by atoms with E-state index in [2.05, 4.69) is 107 Å². The molecule has 12 nitrogen and oxygen atoms in total. The lowest BCUT2D eigenvalue weighted by molar-refractivity contribution is -0.172. The second-order valence-corrected chi connectivity index (χ2v) is 48.6. The molecule has 0 saturated heterocycles. The van der Waals surface area contributed by atoms with E-state index in [1.165, 1.54) is 128 Å². The van der Waals surface area contributed by atoms with Gasteiger partial charge in [0.1, 0.15) is 6.67 Å². The first kappa shape index (κ1) is 97.8. The van der Waals surface area contributed by atoms with Crippen LogP contribution in [0, 0.1) is 179 Å². The van der Waals surface area contributed by atoms with Gasteiger partial charge in [-0.3, -0.25) is 0 Å². The van der Waals surface area contributed by atoms with Crippen LogP contribution in [0.25, 0.3) is 0 Å². The summed E-state index contributed by atoms with van der Waals surface area (Å²) in [5.41, 5.74) is 7.36. The number of aliphatic hydroxyl groups is 8. The van der Waals surface area contributed by atoms with Gasteiger partial charge in [-0.1, -0.05) is 125 Å². The van der Waals surface area contributed by atoms with Crippen LogP contribution in [0.3, 0.4) is 0 Å². The minimum atomic E-state index is -0.809. The van der Waals surface area contributed by atoms with Gasteiger partial charge in [0.2, 0.25) is 0 Å². The molecule has 16 rings (SSSR count). The van der Waals surface area contributed by atoms with E-state index < -0.39 is 5.97 Å². The zero-order chi connectivity index (χ0) is 89.0. The Bertz CT molecular complexity index is 3710. The Morgan fingerprint density at radius 1 is 0.398 bits per heavy atom. The third-order valence-electron chi connectivity index (χ3n) is 42.8. The van der Waals surface area contributed by atoms with Crippen molar-refractivity contribution in [3.05, 3.63) is 58.2 Å². The average molecular weight is 1710 g/mol. The minimum Gasteiger partial charge on any atom is -0.478 e. The van der Waals surface area contributed by atoms with E-state index in [1.807, 2.05) is 33.8 Å². The summed E-state index contributed by atoms with van der Waals surface area (Å²) in [4.78, 5) is 23.0. The second-order valence-electron chi connectivity index (χ2n) is 48.6. The van der Waals surface area contributed by atoms with E-state index >= 15 is 0 Å². The summed E-state index contributed by atoms with van der Waals surface area (Å²) in [5, 5.41) is 92.8. The van der Waals surface area contributed by atoms with Crippen LogP contribution in [0.2, 0.25) is 0 Å². The van der Waals surface area contributed by atoms with Crippen LogP contribution in [0.5, 0.6) is 0 Å². The number of aliphatic carboxylic acids is 1. The summed E-state index contributed by atoms with van der Waals surface area (Å²) in [6, 6.07) is 0. The van der Waals surface area contributed by atoms with Gasteiger partial charge in [0.25, 0.3) is 0 Å². The van der Waals surface area contributed by atoms with E-state index in [0.29, 0.717) is 98.4 Å². The molecule has 16 aliphatic rings. The first-order valence-corrected chi connectivity index (χ1v) is 51.9. The number of ether oxygens (including phenoxy) is 1. The Labute approximate surface area is 747 Å². The molecule has 0 spiro atoms. The maximum Gasteiger partial charge on any atom is 0.333 e. The van der Waals surface area contributed by atoms with Crippen molar-refractivity contribution in [1.82, 2.24) is 0 Å². The normalized spacial score (nSPS) is 47.5. The van der Waals surface area contributed by atoms with E-state index in [0.717, 1.165) is 204 Å². The molecule has 0 amide bonds. The number of carboxylic acids is 1. The van der Waals surface area contributed by atoms with Crippen LogP contribution in [0.15, 0.2) is 58.2 Å². The fraction of sp³-hybridized carbons (Fsp3) is 0.891. The zero-order valence-electron chi connectivity index (χ0n) is 80.7. The number of alkyl halides is 1. The molecule has 9 N–H and O–H groups in total. The number of aliphatic hydroxyl groups excluding tert-OH is 8. The maximum atomic E-state index is 12.8. The number of fused-ring (bicyclic) bond motifs is 20. The average Bonchev–Trinajstić information content (AvgIpc) is 1.51. The number of esters is 1. The summed E-state index contributed by atoms with van der Waals surface area (Å²) in [5.74, 6) is 14.4. The standard InChI is InChI=1S/C29H48O4.C27H45FO2.C27H44O4.C27H44O2/c1-6-33-27(32)19(3)9-7-8-18(2)22-10-11-23-21-17-26(31)25-16-20(30)12-14-29(25,5)24(21)13-15-28(22,23)4;1-17(16-28)6-5-7-18(2)21-8-9-22-20-15-25(30)24-14-19(29)10-12-27(24,4)23(20)11-13-26(21,22)3;1-16(6-5-7-17(2)25(30)31)20-8-9-21-19-15-24(29)23-14-18(28)10-12-27(23,4)22(19)11-13-26(20,21)3;1-18(17-28)6-5-7-19(2)23-10-11-24-22-9-8-20-16-21(29)12-14-26(20,3)25(22)13-15-27(23,24)4/h9,18,20-26,30-31H,6-8,10-17H2,1-5H3;6,18-25,29-30H,5,7-16H2,1-4H3;7,16,18-24,28-29H,5-6,8-15H2,1-4H3,(H,30,31);6,8,19,21-25,28-29H,5,7,9-17H2,1-4H3/b19-9+;17-6+;17-7+;18-6+/t18?,20-,21?,22?,23?,24?,25?,26+,28?,29?;18?,19-,20?,21?,22?,23?,24?,25+,26?,27?;16?,18-,19?,20?,21?,22?,23?,24+,26?,27?;/m111./s1. The molecule has 700 valence electrons. The van der Waals surface area contributed by atoms with Crippen molar-refractivity contribution < 1.29 is 64.7 Å². The highest BCUT2D eigenvalue weighted by Crippen LogP contribution is 2.74. The van der Waals surface area contributed by atoms with Gasteiger partial charge < -0.3 is 50.7 Å². The lowest BCUT2D eigenvalue weighted by Crippen LogP contribution is -2.58. The predicted octanol–water partition coefficient (Wildman–Crippen LogP) is 23.9. The lowest BCUT2D eigenvalue weighted by Gasteiger charge is -2.62. The van der Waals surface area contributed by atoms with Gasteiger partial charge in [-0.2, -0.15) is 0 Å². The van der Waals surface area contributed by atoms with Gasteiger partial charge in [0.15, 0.2) is 0 Å². The van der Waals surface area contributed by atoms with Gasteiger partial charge in [-0.05, 0) is 476 Å². The molecule has 15 saturated carbocycles. The van der Waals surface area contributed by atoms with Crippen molar-refractivity contribution in [1.29, 1.82) is 0 Å². The number of carboxylic acid groups (broad SMARTS) is 1. The van der Waals surface area contributed by atoms with Gasteiger partial charge in [-0.15, -0.1) is 0 Å². The third-order valence-corrected chi connectivity index (χ3v) is 42.8. The minimum absolute atomic E-state index is 0.0973. The highest BCUT2D eigenvalue weighted by molar-refractivity contribution is 5.87. The number of carbonyl (C=O) groups excluding carboxylic acids is 1. The van der Waals surface area contributed by atoms with Crippen molar-refractivity contribution in [3.8, 4) is 0 Å². The van der Waals surface area contributed by atoms with Crippen molar-refractivity contribution in [2.45, 2.75) is 417 Å². The Morgan fingerprint density at radius 3 is 1.07 bits per heavy atom. The molecule has 13 heteroatoms. The topological polar surface area (TPSA) is 225 Å². The van der Waals surface area contributed by atoms with E-state index in [4.69, 9.17) is 9.84 Å². The Morgan fingerprint density at radius 2 is 0.715 bits per heavy atom. The molecule has 38 atom stereocenters. The summed E-state index contributed by atoms with van der Waals surface area (Å²) >= 11 is 0. The summed E-state index contributed by atoms with van der Waals surface area (Å²) in [6.07, 6.45) is 54.7. The van der Waals surface area contributed by atoms with Crippen LogP contribution in [0.1, 0.15) is 375 Å². The van der Waals surface area contributed by atoms with E-state index in [9.17, 15) is 54.8 Å². The fourth-order valence-corrected chi connectivity index (χ4v) is 36.0. The summed E-state index contributed by atoms with van der Waals surface area (Å²) < 4.78 is 17.9. The lowest BCUT2D eigenvalue weighted by atomic mass is 9.43. The van der Waals surface area contributed by atoms with Crippen molar-refractivity contribution in [2.75, 3.05) is 19.9 Å². The van der Waals surface area contributed by atoms with Crippen molar-refractivity contribution in [3.63, 3.8) is 0 Å². The predicted molar refractivity (Wildman–Crippen MR) is 495 cm³/mol. The largest absolute Gasteiger partial charge is 0.478 e. The molecule has 0 bridgehead atoms.